The van der Waals surface area contributed by atoms with Crippen LogP contribution in [0.25, 0.3) is 0 Å². The number of hydrogen-bond donors (Lipinski definition) is 1. The first kappa shape index (κ1) is 18.8. The number of ether oxygens (including phenoxy) is 1. The van der Waals surface area contributed by atoms with Gasteiger partial charge in [0.05, 0.1) is 13.2 Å². The molecule has 1 aromatic heterocycles. The van der Waals surface area contributed by atoms with Crippen molar-refractivity contribution in [3.8, 4) is 0 Å². The van der Waals surface area contributed by atoms with Gasteiger partial charge in [-0.15, -0.1) is 11.3 Å². The second kappa shape index (κ2) is 7.48. The van der Waals surface area contributed by atoms with Crippen LogP contribution in [0.15, 0.2) is 29.3 Å². The van der Waals surface area contributed by atoms with Crippen molar-refractivity contribution in [1.82, 2.24) is 15.1 Å². The molecule has 1 aromatic rings. The number of thiophene rings is 1. The molecule has 3 aliphatic rings. The Morgan fingerprint density at radius 3 is 2.93 bits per heavy atom. The highest BCUT2D eigenvalue weighted by atomic mass is 32.1. The number of Topliss-reactive ketones (excluding diaryl/α,β-unsaturated/α-hetero) is 2. The molecule has 148 valence electrons. The first-order valence-corrected chi connectivity index (χ1v) is 10.2. The van der Waals surface area contributed by atoms with Crippen LogP contribution in [-0.2, 0) is 30.3 Å². The number of carbonyl (C=O) groups is 4. The highest BCUT2D eigenvalue weighted by Gasteiger charge is 2.51. The van der Waals surface area contributed by atoms with Crippen molar-refractivity contribution >= 4 is 34.7 Å². The molecule has 0 saturated carbocycles. The van der Waals surface area contributed by atoms with E-state index in [0.29, 0.717) is 26.0 Å². The Morgan fingerprint density at radius 2 is 2.18 bits per heavy atom. The maximum absolute atomic E-state index is 12.8. The molecule has 28 heavy (non-hydrogen) atoms. The molecular formula is C19H21N3O5S. The fourth-order valence-electron chi connectivity index (χ4n) is 3.83. The molecule has 0 spiro atoms. The number of rotatable bonds is 4. The van der Waals surface area contributed by atoms with Gasteiger partial charge in [-0.25, -0.2) is 0 Å². The third-order valence-corrected chi connectivity index (χ3v) is 6.25. The lowest BCUT2D eigenvalue weighted by Gasteiger charge is -2.49. The summed E-state index contributed by atoms with van der Waals surface area (Å²) in [7, 11) is 0. The Kier molecular flexibility index (Phi) is 5.03. The van der Waals surface area contributed by atoms with E-state index >= 15 is 0 Å². The summed E-state index contributed by atoms with van der Waals surface area (Å²) in [5.41, 5.74) is -0.225. The van der Waals surface area contributed by atoms with Crippen LogP contribution in [0.1, 0.15) is 18.2 Å². The summed E-state index contributed by atoms with van der Waals surface area (Å²) in [6.07, 6.45) is 2.19. The number of piperazine rings is 1. The summed E-state index contributed by atoms with van der Waals surface area (Å²) in [6, 6.07) is 2.64. The van der Waals surface area contributed by atoms with E-state index < -0.39 is 35.7 Å². The molecule has 0 aliphatic carbocycles. The Bertz CT molecular complexity index is 850. The van der Waals surface area contributed by atoms with E-state index in [1.54, 1.807) is 16.2 Å². The average molecular weight is 403 g/mol. The fraction of sp³-hybridized carbons (Fsp3) is 0.474. The molecule has 1 unspecified atom stereocenters. The molecule has 0 radical (unpaired) electrons. The largest absolute Gasteiger partial charge is 0.356 e. The van der Waals surface area contributed by atoms with Gasteiger partial charge in [0.2, 0.25) is 11.6 Å². The van der Waals surface area contributed by atoms with Crippen LogP contribution in [0.5, 0.6) is 0 Å². The van der Waals surface area contributed by atoms with Crippen molar-refractivity contribution in [3.63, 3.8) is 0 Å². The van der Waals surface area contributed by atoms with Crippen molar-refractivity contribution in [3.05, 3.63) is 34.2 Å². The minimum absolute atomic E-state index is 0.0535. The zero-order valence-electron chi connectivity index (χ0n) is 15.4. The normalized spacial score (nSPS) is 27.2. The average Bonchev–Trinajstić information content (AvgIpc) is 3.17. The summed E-state index contributed by atoms with van der Waals surface area (Å²) in [4.78, 5) is 54.6. The Balaban J connectivity index is 1.50. The summed E-state index contributed by atoms with van der Waals surface area (Å²) in [5.74, 6) is -2.80. The molecule has 0 bridgehead atoms. The van der Waals surface area contributed by atoms with E-state index in [1.807, 2.05) is 24.4 Å². The number of amides is 2. The van der Waals surface area contributed by atoms with Crippen LogP contribution in [-0.4, -0.2) is 71.2 Å². The maximum Gasteiger partial charge on any atom is 0.256 e. The predicted molar refractivity (Wildman–Crippen MR) is 100 cm³/mol. The van der Waals surface area contributed by atoms with Gasteiger partial charge in [0.1, 0.15) is 11.8 Å². The van der Waals surface area contributed by atoms with Gasteiger partial charge in [0, 0.05) is 23.7 Å². The number of nitrogens with zero attached hydrogens (tertiary/aromatic N) is 2. The maximum atomic E-state index is 12.8. The molecule has 1 N–H and O–H groups in total. The fourth-order valence-corrected chi connectivity index (χ4v) is 4.54. The third-order valence-electron chi connectivity index (χ3n) is 5.31. The first-order chi connectivity index (χ1) is 13.5. The summed E-state index contributed by atoms with van der Waals surface area (Å²) >= 11 is 1.59. The minimum Gasteiger partial charge on any atom is -0.356 e. The molecule has 2 amide bonds. The summed E-state index contributed by atoms with van der Waals surface area (Å²) < 4.78 is 5.67. The van der Waals surface area contributed by atoms with Crippen LogP contribution in [0.2, 0.25) is 0 Å². The van der Waals surface area contributed by atoms with Crippen molar-refractivity contribution in [2.24, 2.45) is 0 Å². The van der Waals surface area contributed by atoms with E-state index in [2.05, 4.69) is 5.32 Å². The molecular weight excluding hydrogens is 382 g/mol. The minimum atomic E-state index is -1.20. The second-order valence-corrected chi connectivity index (χ2v) is 8.16. The summed E-state index contributed by atoms with van der Waals surface area (Å²) in [5, 5.41) is 4.64. The van der Waals surface area contributed by atoms with Crippen LogP contribution in [0, 0.1) is 0 Å². The SMILES string of the molecule is C[C@@H]1CCO[C@H]2CN3C=C(C(=O)NCCc4cccs4)C(=O)C(=O)C3C(=O)N12. The molecule has 0 aromatic carbocycles. The standard InChI is InChI=1S/C19H21N3O5S/c1-11-5-7-27-14-10-21-9-13(16(23)17(24)15(21)19(26)22(11)14)18(25)20-6-4-12-3-2-8-28-12/h2-3,8-9,11,14-15H,4-7,10H2,1H3,(H,20,25)/t11-,14+,15?/m1/s1. The number of hydrogen-bond acceptors (Lipinski definition) is 7. The monoisotopic (exact) mass is 403 g/mol. The highest BCUT2D eigenvalue weighted by molar-refractivity contribution is 7.09. The summed E-state index contributed by atoms with van der Waals surface area (Å²) in [6.45, 7) is 3.05. The van der Waals surface area contributed by atoms with Gasteiger partial charge in [0.25, 0.3) is 11.8 Å². The van der Waals surface area contributed by atoms with Gasteiger partial charge < -0.3 is 19.9 Å². The number of nitrogens with one attached hydrogen (secondary N) is 1. The van der Waals surface area contributed by atoms with Crippen molar-refractivity contribution in [2.45, 2.75) is 38.1 Å². The van der Waals surface area contributed by atoms with E-state index in [4.69, 9.17) is 4.74 Å². The van der Waals surface area contributed by atoms with Gasteiger partial charge in [-0.3, -0.25) is 19.2 Å². The van der Waals surface area contributed by atoms with E-state index in [9.17, 15) is 19.2 Å². The van der Waals surface area contributed by atoms with Crippen LogP contribution >= 0.6 is 11.3 Å². The molecule has 3 atom stereocenters. The quantitative estimate of drug-likeness (QED) is 0.435. The third kappa shape index (κ3) is 3.24. The number of ketones is 2. The molecule has 2 saturated heterocycles. The highest BCUT2D eigenvalue weighted by Crippen LogP contribution is 2.29. The van der Waals surface area contributed by atoms with Crippen molar-refractivity contribution in [2.75, 3.05) is 19.7 Å². The van der Waals surface area contributed by atoms with Crippen molar-refractivity contribution in [1.29, 1.82) is 0 Å². The lowest BCUT2D eigenvalue weighted by Crippen LogP contribution is -2.69. The van der Waals surface area contributed by atoms with Gasteiger partial charge in [-0.2, -0.15) is 0 Å². The van der Waals surface area contributed by atoms with E-state index in [1.165, 1.54) is 11.1 Å². The topological polar surface area (TPSA) is 96.0 Å². The first-order valence-electron chi connectivity index (χ1n) is 9.28. The number of carbonyl (C=O) groups excluding carboxylic acids is 4. The Hall–Kier alpha value is -2.52. The Morgan fingerprint density at radius 1 is 1.36 bits per heavy atom. The molecule has 9 heteroatoms. The zero-order chi connectivity index (χ0) is 19.8. The molecule has 3 aliphatic heterocycles. The van der Waals surface area contributed by atoms with Crippen LogP contribution < -0.4 is 5.32 Å². The van der Waals surface area contributed by atoms with Gasteiger partial charge in [-0.05, 0) is 31.2 Å². The van der Waals surface area contributed by atoms with E-state index in [0.717, 1.165) is 4.88 Å². The molecule has 4 rings (SSSR count). The molecule has 2 fully saturated rings. The molecule has 4 heterocycles. The zero-order valence-corrected chi connectivity index (χ0v) is 16.2. The lowest BCUT2D eigenvalue weighted by atomic mass is 9.92. The predicted octanol–water partition coefficient (Wildman–Crippen LogP) is 0.0902. The lowest BCUT2D eigenvalue weighted by molar-refractivity contribution is -0.185. The van der Waals surface area contributed by atoms with E-state index in [-0.39, 0.29) is 18.2 Å². The van der Waals surface area contributed by atoms with Crippen LogP contribution in [0.3, 0.4) is 0 Å². The second-order valence-electron chi connectivity index (χ2n) is 7.13. The van der Waals surface area contributed by atoms with Gasteiger partial charge in [-0.1, -0.05) is 6.07 Å². The number of fused-ring (bicyclic) bond motifs is 2. The van der Waals surface area contributed by atoms with Crippen molar-refractivity contribution < 1.29 is 23.9 Å². The van der Waals surface area contributed by atoms with Gasteiger partial charge in [0.15, 0.2) is 6.04 Å². The Labute approximate surface area is 166 Å². The van der Waals surface area contributed by atoms with Gasteiger partial charge >= 0.3 is 0 Å². The van der Waals surface area contributed by atoms with Crippen LogP contribution in [0.4, 0.5) is 0 Å². The smallest absolute Gasteiger partial charge is 0.256 e. The molecule has 8 nitrogen and oxygen atoms in total.